The smallest absolute Gasteiger partial charge is 0.282 e. The SMILES string of the molecule is CC1=NN(c2ccccc2Cl)C(=O)C1N=Nc1ccc2ccccc2c1S(=O)(=O)O. The molecule has 1 aliphatic heterocycles. The molecule has 152 valence electrons. The maximum atomic E-state index is 12.8. The predicted octanol–water partition coefficient (Wildman–Crippen LogP) is 4.61. The third kappa shape index (κ3) is 3.58. The normalized spacial score (nSPS) is 17.2. The fraction of sp³-hybridized carbons (Fsp3) is 0.100. The molecule has 1 N–H and O–H groups in total. The maximum Gasteiger partial charge on any atom is 0.297 e. The second-order valence-corrected chi connectivity index (χ2v) is 8.34. The van der Waals surface area contributed by atoms with Crippen LogP contribution in [-0.2, 0) is 14.9 Å². The Morgan fingerprint density at radius 2 is 1.77 bits per heavy atom. The average Bonchev–Trinajstić information content (AvgIpc) is 2.99. The molecule has 0 aromatic heterocycles. The van der Waals surface area contributed by atoms with Crippen molar-refractivity contribution in [1.82, 2.24) is 0 Å². The lowest BCUT2D eigenvalue weighted by atomic mass is 10.1. The third-order valence-electron chi connectivity index (χ3n) is 4.57. The van der Waals surface area contributed by atoms with Gasteiger partial charge >= 0.3 is 0 Å². The van der Waals surface area contributed by atoms with Gasteiger partial charge in [-0.05, 0) is 30.5 Å². The molecule has 8 nitrogen and oxygen atoms in total. The molecule has 0 radical (unpaired) electrons. The van der Waals surface area contributed by atoms with Crippen molar-refractivity contribution >= 4 is 55.5 Å². The van der Waals surface area contributed by atoms with Crippen LogP contribution in [0.4, 0.5) is 11.4 Å². The van der Waals surface area contributed by atoms with Gasteiger partial charge in [-0.15, -0.1) is 0 Å². The number of hydrogen-bond acceptors (Lipinski definition) is 6. The molecule has 10 heteroatoms. The monoisotopic (exact) mass is 442 g/mol. The van der Waals surface area contributed by atoms with Crippen molar-refractivity contribution in [3.05, 3.63) is 65.7 Å². The minimum Gasteiger partial charge on any atom is -0.282 e. The minimum atomic E-state index is -4.59. The van der Waals surface area contributed by atoms with Crippen molar-refractivity contribution in [2.45, 2.75) is 17.9 Å². The number of carbonyl (C=O) groups is 1. The van der Waals surface area contributed by atoms with Gasteiger partial charge in [-0.3, -0.25) is 9.35 Å². The van der Waals surface area contributed by atoms with Gasteiger partial charge in [0.25, 0.3) is 16.0 Å². The van der Waals surface area contributed by atoms with Crippen LogP contribution < -0.4 is 5.01 Å². The molecule has 30 heavy (non-hydrogen) atoms. The van der Waals surface area contributed by atoms with Gasteiger partial charge in [-0.2, -0.15) is 28.8 Å². The molecule has 1 amide bonds. The van der Waals surface area contributed by atoms with Gasteiger partial charge in [0.05, 0.1) is 16.4 Å². The van der Waals surface area contributed by atoms with E-state index in [2.05, 4.69) is 15.3 Å². The van der Waals surface area contributed by atoms with E-state index in [1.54, 1.807) is 61.5 Å². The van der Waals surface area contributed by atoms with E-state index in [9.17, 15) is 17.8 Å². The van der Waals surface area contributed by atoms with Crippen LogP contribution in [0.3, 0.4) is 0 Å². The second kappa shape index (κ2) is 7.60. The molecule has 4 rings (SSSR count). The van der Waals surface area contributed by atoms with Crippen LogP contribution in [0.15, 0.2) is 80.9 Å². The summed E-state index contributed by atoms with van der Waals surface area (Å²) in [6.45, 7) is 1.61. The Kier molecular flexibility index (Phi) is 5.10. The number of para-hydroxylation sites is 1. The number of fused-ring (bicyclic) bond motifs is 1. The van der Waals surface area contributed by atoms with Crippen molar-refractivity contribution in [3.63, 3.8) is 0 Å². The Bertz CT molecular complexity index is 1340. The van der Waals surface area contributed by atoms with Crippen LogP contribution in [0.1, 0.15) is 6.92 Å². The van der Waals surface area contributed by atoms with Crippen molar-refractivity contribution in [2.75, 3.05) is 5.01 Å². The van der Waals surface area contributed by atoms with Crippen molar-refractivity contribution in [2.24, 2.45) is 15.3 Å². The topological polar surface area (TPSA) is 112 Å². The number of carbonyl (C=O) groups excluding carboxylic acids is 1. The number of azo groups is 1. The fourth-order valence-corrected chi connectivity index (χ4v) is 4.24. The highest BCUT2D eigenvalue weighted by Gasteiger charge is 2.35. The summed E-state index contributed by atoms with van der Waals surface area (Å²) in [6.07, 6.45) is 0. The molecule has 0 saturated carbocycles. The molecule has 1 atom stereocenters. The highest BCUT2D eigenvalue weighted by atomic mass is 35.5. The average molecular weight is 443 g/mol. The number of amides is 1. The highest BCUT2D eigenvalue weighted by molar-refractivity contribution is 7.86. The summed E-state index contributed by atoms with van der Waals surface area (Å²) in [4.78, 5) is 12.4. The molecule has 0 bridgehead atoms. The van der Waals surface area contributed by atoms with Crippen LogP contribution in [0.2, 0.25) is 5.02 Å². The summed E-state index contributed by atoms with van der Waals surface area (Å²) in [5, 5.41) is 14.6. The molecule has 3 aromatic rings. The van der Waals surface area contributed by atoms with Gasteiger partial charge in [0, 0.05) is 5.39 Å². The van der Waals surface area contributed by atoms with E-state index in [1.165, 1.54) is 6.07 Å². The number of anilines is 1. The fourth-order valence-electron chi connectivity index (χ4n) is 3.19. The minimum absolute atomic E-state index is 0.0759. The molecule has 0 spiro atoms. The first-order chi connectivity index (χ1) is 14.3. The van der Waals surface area contributed by atoms with Gasteiger partial charge < -0.3 is 0 Å². The number of halogens is 1. The largest absolute Gasteiger partial charge is 0.297 e. The summed E-state index contributed by atoms with van der Waals surface area (Å²) < 4.78 is 33.8. The van der Waals surface area contributed by atoms with Crippen LogP contribution in [0.5, 0.6) is 0 Å². The van der Waals surface area contributed by atoms with E-state index < -0.39 is 22.1 Å². The summed E-state index contributed by atoms with van der Waals surface area (Å²) >= 11 is 6.15. The lowest BCUT2D eigenvalue weighted by Crippen LogP contribution is -2.29. The van der Waals surface area contributed by atoms with E-state index in [4.69, 9.17) is 11.6 Å². The van der Waals surface area contributed by atoms with Crippen LogP contribution >= 0.6 is 11.6 Å². The maximum absolute atomic E-state index is 12.8. The van der Waals surface area contributed by atoms with E-state index in [-0.39, 0.29) is 10.6 Å². The third-order valence-corrected chi connectivity index (χ3v) is 5.84. The summed E-state index contributed by atoms with van der Waals surface area (Å²) in [5.74, 6) is -0.474. The summed E-state index contributed by atoms with van der Waals surface area (Å²) in [5.41, 5.74) is 0.705. The number of hydrogen-bond donors (Lipinski definition) is 1. The molecule has 0 saturated heterocycles. The molecule has 1 heterocycles. The van der Waals surface area contributed by atoms with Gasteiger partial charge in [-0.1, -0.05) is 54.1 Å². The number of hydrazone groups is 1. The number of benzene rings is 3. The summed E-state index contributed by atoms with van der Waals surface area (Å²) in [7, 11) is -4.59. The lowest BCUT2D eigenvalue weighted by Gasteiger charge is -2.13. The van der Waals surface area contributed by atoms with E-state index in [0.717, 1.165) is 5.01 Å². The zero-order valence-electron chi connectivity index (χ0n) is 15.6. The summed E-state index contributed by atoms with van der Waals surface area (Å²) in [6, 6.07) is 15.5. The molecular weight excluding hydrogens is 428 g/mol. The first-order valence-corrected chi connectivity index (χ1v) is 10.6. The van der Waals surface area contributed by atoms with Crippen LogP contribution in [0.25, 0.3) is 10.8 Å². The Balaban J connectivity index is 1.73. The molecular formula is C20H15ClN4O4S. The van der Waals surface area contributed by atoms with Gasteiger partial charge in [0.1, 0.15) is 10.6 Å². The lowest BCUT2D eigenvalue weighted by molar-refractivity contribution is -0.117. The quantitative estimate of drug-likeness (QED) is 0.469. The van der Waals surface area contributed by atoms with Crippen molar-refractivity contribution in [3.8, 4) is 0 Å². The molecule has 3 aromatic carbocycles. The van der Waals surface area contributed by atoms with Crippen molar-refractivity contribution in [1.29, 1.82) is 0 Å². The predicted molar refractivity (Wildman–Crippen MR) is 114 cm³/mol. The Labute approximate surface area is 177 Å². The molecule has 1 unspecified atom stereocenters. The zero-order chi connectivity index (χ0) is 21.5. The van der Waals surface area contributed by atoms with E-state index >= 15 is 0 Å². The Hall–Kier alpha value is -3.14. The second-order valence-electron chi connectivity index (χ2n) is 6.57. The van der Waals surface area contributed by atoms with Gasteiger partial charge in [0.2, 0.25) is 0 Å². The first-order valence-electron chi connectivity index (χ1n) is 8.81. The van der Waals surface area contributed by atoms with Crippen molar-refractivity contribution < 1.29 is 17.8 Å². The van der Waals surface area contributed by atoms with E-state index in [0.29, 0.717) is 27.2 Å². The first kappa shape index (κ1) is 20.1. The standard InChI is InChI=1S/C20H15ClN4O4S/c1-12-18(20(26)25(24-12)17-9-5-4-8-15(17)21)23-22-16-11-10-13-6-2-3-7-14(13)19(16)30(27,28)29/h2-11,18H,1H3,(H,27,28,29). The van der Waals surface area contributed by atoms with Crippen LogP contribution in [0, 0.1) is 0 Å². The number of rotatable bonds is 4. The molecule has 1 aliphatic rings. The zero-order valence-corrected chi connectivity index (χ0v) is 17.2. The molecule has 0 aliphatic carbocycles. The number of nitrogens with zero attached hydrogens (tertiary/aromatic N) is 4. The van der Waals surface area contributed by atoms with Crippen LogP contribution in [-0.4, -0.2) is 30.6 Å². The van der Waals surface area contributed by atoms with Gasteiger partial charge in [0.15, 0.2) is 6.04 Å². The Morgan fingerprint density at radius 1 is 1.07 bits per heavy atom. The Morgan fingerprint density at radius 3 is 2.50 bits per heavy atom. The van der Waals surface area contributed by atoms with Gasteiger partial charge in [-0.25, -0.2) is 0 Å². The van der Waals surface area contributed by atoms with E-state index in [1.807, 2.05) is 0 Å². The molecule has 0 fully saturated rings. The highest BCUT2D eigenvalue weighted by Crippen LogP contribution is 2.34.